The maximum Gasteiger partial charge on any atom is 0.490 e. The molecule has 0 aliphatic heterocycles. The zero-order valence-electron chi connectivity index (χ0n) is 10.1. The first-order chi connectivity index (χ1) is 9.15. The molecule has 98 valence electrons. The molecule has 1 aromatic heterocycles. The van der Waals surface area contributed by atoms with Gasteiger partial charge >= 0.3 is 5.95 Å². The van der Waals surface area contributed by atoms with Crippen LogP contribution in [0.2, 0.25) is 0 Å². The van der Waals surface area contributed by atoms with Crippen LogP contribution in [0.4, 0.5) is 5.95 Å². The van der Waals surface area contributed by atoms with Gasteiger partial charge in [-0.1, -0.05) is 35.3 Å². The van der Waals surface area contributed by atoms with Gasteiger partial charge in [-0.15, -0.1) is 0 Å². The van der Waals surface area contributed by atoms with E-state index < -0.39 is 10.9 Å². The molecular formula is C12H12N4O3. The monoisotopic (exact) mass is 260 g/mol. The Kier molecular flexibility index (Phi) is 3.97. The van der Waals surface area contributed by atoms with Crippen molar-refractivity contribution < 1.29 is 9.72 Å². The van der Waals surface area contributed by atoms with Crippen molar-refractivity contribution in [1.82, 2.24) is 14.8 Å². The van der Waals surface area contributed by atoms with E-state index in [4.69, 9.17) is 0 Å². The summed E-state index contributed by atoms with van der Waals surface area (Å²) >= 11 is 0. The second-order valence-corrected chi connectivity index (χ2v) is 4.02. The lowest BCUT2D eigenvalue weighted by molar-refractivity contribution is -0.394. The number of rotatable bonds is 6. The molecule has 0 fully saturated rings. The van der Waals surface area contributed by atoms with E-state index in [1.54, 1.807) is 0 Å². The molecule has 0 saturated heterocycles. The number of nitro groups is 1. The normalized spacial score (nSPS) is 10.3. The van der Waals surface area contributed by atoms with Crippen molar-refractivity contribution in [2.24, 2.45) is 0 Å². The van der Waals surface area contributed by atoms with Crippen molar-refractivity contribution in [3.05, 3.63) is 52.3 Å². The Balaban J connectivity index is 1.85. The summed E-state index contributed by atoms with van der Waals surface area (Å²) in [5, 5.41) is 14.0. The van der Waals surface area contributed by atoms with Crippen molar-refractivity contribution in [2.75, 3.05) is 0 Å². The molecule has 0 aliphatic rings. The van der Waals surface area contributed by atoms with E-state index in [0.29, 0.717) is 12.8 Å². The van der Waals surface area contributed by atoms with Crippen molar-refractivity contribution in [1.29, 1.82) is 0 Å². The number of aromatic nitrogens is 3. The van der Waals surface area contributed by atoms with E-state index in [2.05, 4.69) is 10.1 Å². The molecule has 0 bridgehead atoms. The number of ketones is 1. The molecule has 7 nitrogen and oxygen atoms in total. The van der Waals surface area contributed by atoms with Crippen LogP contribution in [0.5, 0.6) is 0 Å². The number of carbonyl (C=O) groups excluding carboxylic acids is 1. The molecule has 1 heterocycles. The molecule has 0 atom stereocenters. The molecule has 19 heavy (non-hydrogen) atoms. The average molecular weight is 260 g/mol. The molecule has 0 radical (unpaired) electrons. The fourth-order valence-electron chi connectivity index (χ4n) is 1.63. The third-order valence-corrected chi connectivity index (χ3v) is 2.56. The highest BCUT2D eigenvalue weighted by Crippen LogP contribution is 2.04. The highest BCUT2D eigenvalue weighted by Gasteiger charge is 2.15. The summed E-state index contributed by atoms with van der Waals surface area (Å²) in [6, 6.07) is 9.65. The lowest BCUT2D eigenvalue weighted by atomic mass is 10.1. The SMILES string of the molecule is O=C(CCc1ccccc1)Cn1cnc([N+](=O)[O-])n1. The van der Waals surface area contributed by atoms with Gasteiger partial charge in [0.25, 0.3) is 0 Å². The molecule has 2 rings (SSSR count). The van der Waals surface area contributed by atoms with Crippen LogP contribution in [0.1, 0.15) is 12.0 Å². The summed E-state index contributed by atoms with van der Waals surface area (Å²) in [5.41, 5.74) is 1.08. The molecule has 0 saturated carbocycles. The first kappa shape index (κ1) is 12.9. The van der Waals surface area contributed by atoms with Crippen LogP contribution >= 0.6 is 0 Å². The molecule has 1 aromatic carbocycles. The maximum absolute atomic E-state index is 11.7. The number of hydrogen-bond acceptors (Lipinski definition) is 5. The molecule has 0 unspecified atom stereocenters. The summed E-state index contributed by atoms with van der Waals surface area (Å²) in [5.74, 6) is -0.528. The fraction of sp³-hybridized carbons (Fsp3) is 0.250. The Hall–Kier alpha value is -2.57. The first-order valence-corrected chi connectivity index (χ1v) is 5.74. The largest absolute Gasteiger partial charge is 0.490 e. The van der Waals surface area contributed by atoms with Gasteiger partial charge < -0.3 is 10.1 Å². The van der Waals surface area contributed by atoms with E-state index in [-0.39, 0.29) is 12.3 Å². The van der Waals surface area contributed by atoms with Crippen molar-refractivity contribution >= 4 is 11.7 Å². The zero-order valence-corrected chi connectivity index (χ0v) is 10.1. The third kappa shape index (κ3) is 3.70. The second-order valence-electron chi connectivity index (χ2n) is 4.02. The Morgan fingerprint density at radius 2 is 2.05 bits per heavy atom. The lowest BCUT2D eigenvalue weighted by Gasteiger charge is -1.99. The van der Waals surface area contributed by atoms with Crippen LogP contribution in [0, 0.1) is 10.1 Å². The smallest absolute Gasteiger partial charge is 0.390 e. The average Bonchev–Trinajstić information content (AvgIpc) is 2.86. The molecular weight excluding hydrogens is 248 g/mol. The first-order valence-electron chi connectivity index (χ1n) is 5.74. The van der Waals surface area contributed by atoms with Crippen LogP contribution in [-0.2, 0) is 17.8 Å². The van der Waals surface area contributed by atoms with Gasteiger partial charge in [-0.3, -0.25) is 4.79 Å². The van der Waals surface area contributed by atoms with Crippen molar-refractivity contribution in [3.8, 4) is 0 Å². The van der Waals surface area contributed by atoms with Crippen molar-refractivity contribution in [3.63, 3.8) is 0 Å². The number of nitrogens with zero attached hydrogens (tertiary/aromatic N) is 4. The Bertz CT molecular complexity index is 580. The number of benzene rings is 1. The van der Waals surface area contributed by atoms with E-state index >= 15 is 0 Å². The fourth-order valence-corrected chi connectivity index (χ4v) is 1.63. The van der Waals surface area contributed by atoms with Gasteiger partial charge in [-0.25, -0.2) is 0 Å². The van der Waals surface area contributed by atoms with Crippen LogP contribution in [0.25, 0.3) is 0 Å². The third-order valence-electron chi connectivity index (χ3n) is 2.56. The van der Waals surface area contributed by atoms with E-state index in [1.165, 1.54) is 11.0 Å². The Labute approximate surface area is 109 Å². The summed E-state index contributed by atoms with van der Waals surface area (Å²) in [4.78, 5) is 24.9. The Morgan fingerprint density at radius 3 is 2.68 bits per heavy atom. The van der Waals surface area contributed by atoms with Gasteiger partial charge in [0.15, 0.2) is 5.78 Å². The Morgan fingerprint density at radius 1 is 1.32 bits per heavy atom. The van der Waals surface area contributed by atoms with Gasteiger partial charge in [0.2, 0.25) is 6.33 Å². The number of Topliss-reactive ketones (excluding diaryl/α,β-unsaturated/α-hetero) is 1. The van der Waals surface area contributed by atoms with Crippen LogP contribution < -0.4 is 0 Å². The van der Waals surface area contributed by atoms with Gasteiger partial charge in [0.1, 0.15) is 6.54 Å². The van der Waals surface area contributed by atoms with Gasteiger partial charge in [-0.05, 0) is 16.9 Å². The number of aryl methyl sites for hydroxylation is 1. The van der Waals surface area contributed by atoms with Gasteiger partial charge in [0.05, 0.1) is 0 Å². The van der Waals surface area contributed by atoms with Crippen LogP contribution in [0.3, 0.4) is 0 Å². The maximum atomic E-state index is 11.7. The van der Waals surface area contributed by atoms with E-state index in [0.717, 1.165) is 5.56 Å². The summed E-state index contributed by atoms with van der Waals surface area (Å²) in [6.45, 7) is 0.00761. The number of carbonyl (C=O) groups is 1. The van der Waals surface area contributed by atoms with Crippen LogP contribution in [0.15, 0.2) is 36.7 Å². The number of hydrogen-bond donors (Lipinski definition) is 0. The topological polar surface area (TPSA) is 90.9 Å². The van der Waals surface area contributed by atoms with E-state index in [9.17, 15) is 14.9 Å². The highest BCUT2D eigenvalue weighted by molar-refractivity contribution is 5.78. The predicted molar refractivity (Wildman–Crippen MR) is 66.4 cm³/mol. The van der Waals surface area contributed by atoms with Crippen LogP contribution in [-0.4, -0.2) is 25.5 Å². The summed E-state index contributed by atoms with van der Waals surface area (Å²) < 4.78 is 1.19. The molecule has 2 aromatic rings. The minimum absolute atomic E-state index is 0.00761. The van der Waals surface area contributed by atoms with Gasteiger partial charge in [0, 0.05) is 11.5 Å². The summed E-state index contributed by atoms with van der Waals surface area (Å²) in [7, 11) is 0. The standard InChI is InChI=1S/C12H12N4O3/c17-11(7-6-10-4-2-1-3-5-10)8-15-9-13-12(14-15)16(18)19/h1-5,9H,6-8H2. The molecule has 0 spiro atoms. The minimum Gasteiger partial charge on any atom is -0.390 e. The molecule has 0 amide bonds. The lowest BCUT2D eigenvalue weighted by Crippen LogP contribution is -2.11. The molecule has 7 heteroatoms. The minimum atomic E-state index is -0.690. The highest BCUT2D eigenvalue weighted by atomic mass is 16.6. The van der Waals surface area contributed by atoms with E-state index in [1.807, 2.05) is 30.3 Å². The second kappa shape index (κ2) is 5.85. The summed E-state index contributed by atoms with van der Waals surface area (Å²) in [6.07, 6.45) is 2.21. The predicted octanol–water partition coefficient (Wildman–Crippen LogP) is 1.39. The van der Waals surface area contributed by atoms with Crippen molar-refractivity contribution in [2.45, 2.75) is 19.4 Å². The molecule has 0 N–H and O–H groups in total. The quantitative estimate of drug-likeness (QED) is 0.578. The van der Waals surface area contributed by atoms with Gasteiger partial charge in [-0.2, -0.15) is 4.68 Å². The molecule has 0 aliphatic carbocycles. The zero-order chi connectivity index (χ0) is 13.7.